The normalized spacial score (nSPS) is 17.9. The summed E-state index contributed by atoms with van der Waals surface area (Å²) in [5.41, 5.74) is 3.53. The van der Waals surface area contributed by atoms with E-state index >= 15 is 0 Å². The van der Waals surface area contributed by atoms with Gasteiger partial charge < -0.3 is 9.30 Å². The number of esters is 1. The molecule has 2 aliphatic rings. The van der Waals surface area contributed by atoms with E-state index in [1.807, 2.05) is 17.7 Å². The van der Waals surface area contributed by atoms with Crippen LogP contribution >= 0.6 is 11.8 Å². The lowest BCUT2D eigenvalue weighted by molar-refractivity contribution is -0.135. The van der Waals surface area contributed by atoms with Crippen LogP contribution in [0.5, 0.6) is 5.75 Å². The molecule has 0 saturated carbocycles. The lowest BCUT2D eigenvalue weighted by Gasteiger charge is -2.14. The van der Waals surface area contributed by atoms with Gasteiger partial charge in [0.05, 0.1) is 35.5 Å². The van der Waals surface area contributed by atoms with E-state index in [-0.39, 0.29) is 24.0 Å². The highest BCUT2D eigenvalue weighted by molar-refractivity contribution is 7.99. The second-order valence-electron chi connectivity index (χ2n) is 7.00. The van der Waals surface area contributed by atoms with Gasteiger partial charge in [-0.2, -0.15) is 0 Å². The fourth-order valence-electron chi connectivity index (χ4n) is 3.85. The summed E-state index contributed by atoms with van der Waals surface area (Å²) in [6.45, 7) is 0. The van der Waals surface area contributed by atoms with Gasteiger partial charge in [0.25, 0.3) is 5.56 Å². The summed E-state index contributed by atoms with van der Waals surface area (Å²) in [5, 5.41) is 0.730. The molecule has 1 aliphatic heterocycles. The highest BCUT2D eigenvalue weighted by atomic mass is 32.2. The number of carbonyl (C=O) groups excluding carboxylic acids is 1. The minimum Gasteiger partial charge on any atom is -0.426 e. The van der Waals surface area contributed by atoms with Gasteiger partial charge in [0.15, 0.2) is 5.16 Å². The van der Waals surface area contributed by atoms with Gasteiger partial charge >= 0.3 is 5.97 Å². The first-order valence-corrected chi connectivity index (χ1v) is 9.97. The summed E-state index contributed by atoms with van der Waals surface area (Å²) in [7, 11) is 1.92. The van der Waals surface area contributed by atoms with Crippen molar-refractivity contribution in [3.05, 3.63) is 46.1 Å². The van der Waals surface area contributed by atoms with Gasteiger partial charge in [0.1, 0.15) is 5.75 Å². The molecule has 0 amide bonds. The largest absolute Gasteiger partial charge is 0.426 e. The van der Waals surface area contributed by atoms with Crippen LogP contribution in [0.4, 0.5) is 0 Å². The van der Waals surface area contributed by atoms with Crippen molar-refractivity contribution in [1.29, 1.82) is 0 Å². The molecule has 3 heterocycles. The predicted molar refractivity (Wildman–Crippen MR) is 101 cm³/mol. The molecule has 5 rings (SSSR count). The Labute approximate surface area is 159 Å². The number of thioether (sulfide) groups is 1. The van der Waals surface area contributed by atoms with E-state index in [4.69, 9.17) is 4.74 Å². The van der Waals surface area contributed by atoms with Gasteiger partial charge in [0.2, 0.25) is 0 Å². The number of hydrogen-bond acceptors (Lipinski definition) is 6. The number of hydrogen-bond donors (Lipinski definition) is 0. The summed E-state index contributed by atoms with van der Waals surface area (Å²) < 4.78 is 9.11. The number of rotatable bonds is 3. The van der Waals surface area contributed by atoms with Crippen molar-refractivity contribution in [2.45, 2.75) is 36.9 Å². The molecule has 138 valence electrons. The highest BCUT2D eigenvalue weighted by Crippen LogP contribution is 2.34. The van der Waals surface area contributed by atoms with Crippen LogP contribution in [-0.2, 0) is 24.7 Å². The van der Waals surface area contributed by atoms with Crippen molar-refractivity contribution >= 4 is 28.8 Å². The second-order valence-corrected chi connectivity index (χ2v) is 7.98. The molecule has 0 saturated heterocycles. The number of ether oxygens (including phenoxy) is 1. The average Bonchev–Trinajstić information content (AvgIpc) is 3.35. The van der Waals surface area contributed by atoms with E-state index in [2.05, 4.69) is 9.97 Å². The Morgan fingerprint density at radius 2 is 2.26 bits per heavy atom. The van der Waals surface area contributed by atoms with E-state index in [0.29, 0.717) is 11.5 Å². The van der Waals surface area contributed by atoms with Crippen LogP contribution < -0.4 is 10.3 Å². The Hall–Kier alpha value is -2.61. The molecule has 1 unspecified atom stereocenters. The van der Waals surface area contributed by atoms with E-state index in [1.54, 1.807) is 34.8 Å². The molecule has 0 radical (unpaired) electrons. The summed E-state index contributed by atoms with van der Waals surface area (Å²) >= 11 is 1.54. The van der Waals surface area contributed by atoms with Crippen LogP contribution in [0.25, 0.3) is 11.0 Å². The Morgan fingerprint density at radius 3 is 3.15 bits per heavy atom. The summed E-state index contributed by atoms with van der Waals surface area (Å²) in [4.78, 5) is 34.2. The zero-order valence-electron chi connectivity index (χ0n) is 14.8. The van der Waals surface area contributed by atoms with E-state index in [0.717, 1.165) is 46.7 Å². The highest BCUT2D eigenvalue weighted by Gasteiger charge is 2.31. The molecule has 1 aromatic carbocycles. The maximum atomic E-state index is 12.8. The van der Waals surface area contributed by atoms with Crippen LogP contribution in [0.3, 0.4) is 0 Å². The lowest BCUT2D eigenvalue weighted by Crippen LogP contribution is -2.29. The maximum absolute atomic E-state index is 12.8. The van der Waals surface area contributed by atoms with Crippen LogP contribution in [0.2, 0.25) is 0 Å². The van der Waals surface area contributed by atoms with Crippen molar-refractivity contribution in [2.75, 3.05) is 5.75 Å². The zero-order chi connectivity index (χ0) is 18.5. The van der Waals surface area contributed by atoms with Crippen LogP contribution in [0.1, 0.15) is 30.1 Å². The molecule has 0 bridgehead atoms. The average molecular weight is 382 g/mol. The van der Waals surface area contributed by atoms with Gasteiger partial charge in [-0.3, -0.25) is 14.2 Å². The Bertz CT molecular complexity index is 1130. The molecule has 27 heavy (non-hydrogen) atoms. The number of aromatic nitrogens is 4. The molecule has 1 aliphatic carbocycles. The first-order chi connectivity index (χ1) is 13.1. The molecule has 2 aromatic heterocycles. The van der Waals surface area contributed by atoms with Gasteiger partial charge in [-0.05, 0) is 31.4 Å². The smallest absolute Gasteiger partial charge is 0.313 e. The minimum absolute atomic E-state index is 0.0187. The molecule has 8 heteroatoms. The molecular formula is C19H18N4O3S. The number of carbonyl (C=O) groups is 1. The first kappa shape index (κ1) is 16.6. The lowest BCUT2D eigenvalue weighted by atomic mass is 10.2. The molecule has 1 atom stereocenters. The molecule has 0 N–H and O–H groups in total. The fourth-order valence-corrected chi connectivity index (χ4v) is 5.00. The first-order valence-electron chi connectivity index (χ1n) is 8.99. The number of nitrogens with zero attached hydrogens (tertiary/aromatic N) is 4. The quantitative estimate of drug-likeness (QED) is 0.393. The standard InChI is InChI=1S/C19H18N4O3S/c1-22-10-20-15-8-12(5-6-16(15)22)26-17(24)7-11-9-27-19-21-14-4-2-3-13(14)18(25)23(11)19/h5-6,8,10-11H,2-4,7,9H2,1H3. The molecule has 0 fully saturated rings. The van der Waals surface area contributed by atoms with E-state index in [9.17, 15) is 9.59 Å². The topological polar surface area (TPSA) is 79.0 Å². The number of aryl methyl sites for hydroxylation is 2. The third-order valence-electron chi connectivity index (χ3n) is 5.20. The van der Waals surface area contributed by atoms with Gasteiger partial charge in [-0.25, -0.2) is 9.97 Å². The monoisotopic (exact) mass is 382 g/mol. The molecule has 7 nitrogen and oxygen atoms in total. The zero-order valence-corrected chi connectivity index (χ0v) is 15.7. The maximum Gasteiger partial charge on any atom is 0.313 e. The van der Waals surface area contributed by atoms with Crippen molar-refractivity contribution < 1.29 is 9.53 Å². The van der Waals surface area contributed by atoms with E-state index < -0.39 is 0 Å². The summed E-state index contributed by atoms with van der Waals surface area (Å²) in [5.74, 6) is 0.784. The van der Waals surface area contributed by atoms with Crippen molar-refractivity contribution in [3.8, 4) is 5.75 Å². The summed E-state index contributed by atoms with van der Waals surface area (Å²) in [6, 6.07) is 5.19. The van der Waals surface area contributed by atoms with Gasteiger partial charge in [0, 0.05) is 24.4 Å². The van der Waals surface area contributed by atoms with Crippen LogP contribution in [0.15, 0.2) is 34.5 Å². The Balaban J connectivity index is 1.36. The molecule has 3 aromatic rings. The molecular weight excluding hydrogens is 364 g/mol. The van der Waals surface area contributed by atoms with E-state index in [1.165, 1.54) is 0 Å². The third-order valence-corrected chi connectivity index (χ3v) is 6.30. The Morgan fingerprint density at radius 1 is 1.37 bits per heavy atom. The second kappa shape index (κ2) is 6.23. The minimum atomic E-state index is -0.351. The van der Waals surface area contributed by atoms with Crippen molar-refractivity contribution in [2.24, 2.45) is 7.05 Å². The molecule has 0 spiro atoms. The van der Waals surface area contributed by atoms with Crippen molar-refractivity contribution in [3.63, 3.8) is 0 Å². The number of benzene rings is 1. The Kier molecular flexibility index (Phi) is 3.82. The summed E-state index contributed by atoms with van der Waals surface area (Å²) in [6.07, 6.45) is 4.52. The van der Waals surface area contributed by atoms with Crippen LogP contribution in [0, 0.1) is 0 Å². The van der Waals surface area contributed by atoms with Gasteiger partial charge in [-0.1, -0.05) is 11.8 Å². The number of fused-ring (bicyclic) bond motifs is 3. The van der Waals surface area contributed by atoms with Gasteiger partial charge in [-0.15, -0.1) is 0 Å². The fraction of sp³-hybridized carbons (Fsp3) is 0.368. The third kappa shape index (κ3) is 2.75. The van der Waals surface area contributed by atoms with Crippen LogP contribution in [-0.4, -0.2) is 30.8 Å². The van der Waals surface area contributed by atoms with Crippen molar-refractivity contribution in [1.82, 2.24) is 19.1 Å². The SMILES string of the molecule is Cn1cnc2cc(OC(=O)CC3CSc4nc5c(c(=O)n43)CCC5)ccc21. The number of imidazole rings is 1. The predicted octanol–water partition coefficient (Wildman–Crippen LogP) is 2.26.